The van der Waals surface area contributed by atoms with Crippen LogP contribution in [0.25, 0.3) is 0 Å². The molecule has 41 heavy (non-hydrogen) atoms. The van der Waals surface area contributed by atoms with E-state index in [-0.39, 0.29) is 45.2 Å². The molecule has 0 unspecified atom stereocenters. The van der Waals surface area contributed by atoms with Gasteiger partial charge in [0.05, 0.1) is 0 Å². The van der Waals surface area contributed by atoms with Crippen LogP contribution in [0.1, 0.15) is 0 Å². The Morgan fingerprint density at radius 2 is 0.341 bits per heavy atom. The third-order valence-electron chi connectivity index (χ3n) is 6.09. The van der Waals surface area contributed by atoms with Gasteiger partial charge in [0.15, 0.2) is 0 Å². The number of rotatable bonds is 6. The predicted octanol–water partition coefficient (Wildman–Crippen LogP) is -1.59. The number of hydrogen-bond acceptors (Lipinski definition) is 0. The quantitative estimate of drug-likeness (QED) is 0.179. The summed E-state index contributed by atoms with van der Waals surface area (Å²) in [6.07, 6.45) is 0. The molecule has 6 rings (SSSR count). The van der Waals surface area contributed by atoms with E-state index in [2.05, 4.69) is 182 Å². The molecule has 0 nitrogen and oxygen atoms in total. The summed E-state index contributed by atoms with van der Waals surface area (Å²) in [5.41, 5.74) is 0. The summed E-state index contributed by atoms with van der Waals surface area (Å²) in [5.74, 6) is 0. The summed E-state index contributed by atoms with van der Waals surface area (Å²) in [7, 11) is 0. The molecule has 0 aromatic heterocycles. The van der Waals surface area contributed by atoms with Gasteiger partial charge in [0, 0.05) is 0 Å². The van der Waals surface area contributed by atoms with Crippen molar-refractivity contribution in [2.24, 2.45) is 0 Å². The number of halogens is 2. The summed E-state index contributed by atoms with van der Waals surface area (Å²) < 4.78 is 8.87. The molecule has 0 atom stereocenters. The van der Waals surface area contributed by atoms with Crippen molar-refractivity contribution >= 4 is 55.4 Å². The van der Waals surface area contributed by atoms with Crippen molar-refractivity contribution < 1.29 is 45.2 Å². The summed E-state index contributed by atoms with van der Waals surface area (Å²) in [6, 6.07) is 65.4. The van der Waals surface area contributed by atoms with Crippen LogP contribution in [0.3, 0.4) is 0 Å². The summed E-state index contributed by atoms with van der Waals surface area (Å²) in [6.45, 7) is 0. The minimum absolute atomic E-state index is 0. The normalized spacial score (nSPS) is 9.80. The first-order chi connectivity index (χ1) is 18.9. The van der Waals surface area contributed by atoms with E-state index in [1.807, 2.05) is 0 Å². The second kappa shape index (κ2) is 19.0. The van der Waals surface area contributed by atoms with E-state index in [0.29, 0.717) is 0 Å². The van der Waals surface area contributed by atoms with Crippen LogP contribution >= 0.6 is 0 Å². The zero-order valence-corrected chi connectivity index (χ0v) is 29.1. The van der Waals surface area contributed by atoms with Crippen LogP contribution in [0.5, 0.6) is 0 Å². The molecule has 0 amide bonds. The maximum atomic E-state index is 2.26. The molecule has 0 saturated heterocycles. The zero-order valence-electron chi connectivity index (χ0n) is 22.3. The molecule has 0 aliphatic carbocycles. The molecule has 0 heterocycles. The van der Waals surface area contributed by atoms with Crippen LogP contribution in [0.2, 0.25) is 0 Å². The van der Waals surface area contributed by atoms with Gasteiger partial charge in [-0.15, -0.1) is 0 Å². The van der Waals surface area contributed by atoms with Gasteiger partial charge in [0.25, 0.3) is 0 Å². The van der Waals surface area contributed by atoms with Gasteiger partial charge in [0.1, 0.15) is 0 Å². The van der Waals surface area contributed by atoms with Crippen molar-refractivity contribution in [3.63, 3.8) is 0 Å². The van der Waals surface area contributed by atoms with Crippen molar-refractivity contribution in [2.45, 2.75) is 0 Å². The Balaban J connectivity index is 0.000000267. The average Bonchev–Trinajstić information content (AvgIpc) is 3.01. The molecular weight excluding hydrogens is 760 g/mol. The van der Waals surface area contributed by atoms with Gasteiger partial charge in [-0.25, -0.2) is 0 Å². The monoisotopic (exact) mass is 788 g/mol. The van der Waals surface area contributed by atoms with Gasteiger partial charge < -0.3 is 24.8 Å². The van der Waals surface area contributed by atoms with E-state index >= 15 is 0 Å². The van der Waals surface area contributed by atoms with Gasteiger partial charge >= 0.3 is 258 Å². The van der Waals surface area contributed by atoms with Crippen molar-refractivity contribution in [2.75, 3.05) is 0 Å². The second-order valence-corrected chi connectivity index (χ2v) is 18.0. The number of hydrogen-bond donors (Lipinski definition) is 0. The first kappa shape index (κ1) is 34.9. The Bertz CT molecular complexity index is 1180. The van der Waals surface area contributed by atoms with E-state index < -0.39 is 29.3 Å². The van der Waals surface area contributed by atoms with Gasteiger partial charge in [-0.3, -0.25) is 0 Å². The molecule has 0 radical (unpaired) electrons. The fourth-order valence-corrected chi connectivity index (χ4v) is 14.0. The molecular formula is C36H30As2Cl2Pd. The average molecular weight is 790 g/mol. The van der Waals surface area contributed by atoms with E-state index in [1.165, 1.54) is 26.1 Å². The van der Waals surface area contributed by atoms with Crippen LogP contribution in [0, 0.1) is 0 Å². The van der Waals surface area contributed by atoms with Gasteiger partial charge in [-0.1, -0.05) is 0 Å². The fourth-order valence-electron chi connectivity index (χ4n) is 4.36. The molecule has 0 saturated carbocycles. The van der Waals surface area contributed by atoms with Gasteiger partial charge in [-0.2, -0.15) is 0 Å². The molecule has 0 fully saturated rings. The van der Waals surface area contributed by atoms with Crippen molar-refractivity contribution in [1.29, 1.82) is 0 Å². The topological polar surface area (TPSA) is 0 Å². The molecule has 0 aliphatic heterocycles. The maximum absolute atomic E-state index is 2.26. The first-order valence-corrected chi connectivity index (χ1v) is 18.4. The Morgan fingerprint density at radius 3 is 0.463 bits per heavy atom. The fraction of sp³-hybridized carbons (Fsp3) is 0. The van der Waals surface area contributed by atoms with E-state index in [0.717, 1.165) is 0 Å². The minimum atomic E-state index is -1.39. The number of benzene rings is 6. The Hall–Kier alpha value is -2.32. The molecule has 0 spiro atoms. The SMILES string of the molecule is [Cl-].[Cl-].[Pd+2].c1ccc([As](c2ccccc2)c2ccccc2)cc1.c1ccc([As](c2ccccc2)c2ccccc2)cc1. The predicted molar refractivity (Wildman–Crippen MR) is 168 cm³/mol. The van der Waals surface area contributed by atoms with Crippen LogP contribution in [-0.2, 0) is 20.4 Å². The molecule has 0 N–H and O–H groups in total. The summed E-state index contributed by atoms with van der Waals surface area (Å²) in [5, 5.41) is 0. The molecule has 0 aliphatic rings. The third kappa shape index (κ3) is 9.88. The Morgan fingerprint density at radius 1 is 0.220 bits per heavy atom. The Labute approximate surface area is 280 Å². The summed E-state index contributed by atoms with van der Waals surface area (Å²) >= 11 is -2.78. The Kier molecular flexibility index (Phi) is 16.1. The van der Waals surface area contributed by atoms with Gasteiger partial charge in [0.2, 0.25) is 0 Å². The molecule has 5 heteroatoms. The van der Waals surface area contributed by atoms with Crippen molar-refractivity contribution in [3.05, 3.63) is 182 Å². The van der Waals surface area contributed by atoms with Crippen LogP contribution in [0.15, 0.2) is 182 Å². The standard InChI is InChI=1S/2C18H15As.2ClH.Pd/c2*1-4-10-16(11-5-1)19(17-12-6-2-7-13-17)18-14-8-3-9-15-18;;;/h2*1-15H;2*1H;/q;;;;+2/p-2. The van der Waals surface area contributed by atoms with E-state index in [4.69, 9.17) is 0 Å². The van der Waals surface area contributed by atoms with Crippen LogP contribution in [-0.4, -0.2) is 29.3 Å². The van der Waals surface area contributed by atoms with E-state index in [1.54, 1.807) is 0 Å². The molecule has 6 aromatic carbocycles. The van der Waals surface area contributed by atoms with E-state index in [9.17, 15) is 0 Å². The zero-order chi connectivity index (χ0) is 25.8. The molecule has 208 valence electrons. The van der Waals surface area contributed by atoms with Gasteiger partial charge in [-0.05, 0) is 0 Å². The summed E-state index contributed by atoms with van der Waals surface area (Å²) in [4.78, 5) is 0. The second-order valence-electron chi connectivity index (χ2n) is 8.68. The first-order valence-electron chi connectivity index (χ1n) is 12.8. The van der Waals surface area contributed by atoms with Crippen LogP contribution < -0.4 is 50.9 Å². The van der Waals surface area contributed by atoms with Crippen molar-refractivity contribution in [1.82, 2.24) is 0 Å². The molecule has 6 aromatic rings. The third-order valence-corrected chi connectivity index (χ3v) is 16.3. The van der Waals surface area contributed by atoms with Crippen molar-refractivity contribution in [3.8, 4) is 0 Å². The molecule has 0 bridgehead atoms. The van der Waals surface area contributed by atoms with Crippen LogP contribution in [0.4, 0.5) is 0 Å².